The van der Waals surface area contributed by atoms with Crippen LogP contribution >= 0.6 is 0 Å². The van der Waals surface area contributed by atoms with E-state index in [1.54, 1.807) is 22.9 Å². The van der Waals surface area contributed by atoms with E-state index < -0.39 is 0 Å². The van der Waals surface area contributed by atoms with Gasteiger partial charge in [0.25, 0.3) is 0 Å². The molecule has 2 aromatic carbocycles. The zero-order valence-corrected chi connectivity index (χ0v) is 12.9. The van der Waals surface area contributed by atoms with Gasteiger partial charge in [0, 0.05) is 24.2 Å². The maximum atomic E-state index is 13.8. The molecular formula is C18H14FN5. The molecule has 6 heteroatoms. The number of aromatic nitrogens is 4. The number of hydrogen-bond donors (Lipinski definition) is 1. The SMILES string of the molecule is Cn1ccc(-c2ccc3c(Nc4ccccc4F)ncnc3c2)n1. The Bertz CT molecular complexity index is 1020. The number of fused-ring (bicyclic) bond motifs is 1. The molecule has 0 radical (unpaired) electrons. The van der Waals surface area contributed by atoms with E-state index in [0.717, 1.165) is 22.2 Å². The lowest BCUT2D eigenvalue weighted by atomic mass is 10.1. The van der Waals surface area contributed by atoms with Gasteiger partial charge in [-0.3, -0.25) is 4.68 Å². The summed E-state index contributed by atoms with van der Waals surface area (Å²) in [6.07, 6.45) is 3.36. The molecule has 118 valence electrons. The van der Waals surface area contributed by atoms with Crippen molar-refractivity contribution in [3.8, 4) is 11.3 Å². The van der Waals surface area contributed by atoms with Crippen LogP contribution in [0, 0.1) is 5.82 Å². The fraction of sp³-hybridized carbons (Fsp3) is 0.0556. The van der Waals surface area contributed by atoms with Crippen LogP contribution in [0.2, 0.25) is 0 Å². The number of rotatable bonds is 3. The summed E-state index contributed by atoms with van der Waals surface area (Å²) >= 11 is 0. The second kappa shape index (κ2) is 5.73. The van der Waals surface area contributed by atoms with E-state index in [2.05, 4.69) is 20.4 Å². The van der Waals surface area contributed by atoms with E-state index in [0.29, 0.717) is 11.5 Å². The van der Waals surface area contributed by atoms with Crippen molar-refractivity contribution in [1.29, 1.82) is 0 Å². The summed E-state index contributed by atoms with van der Waals surface area (Å²) in [5.74, 6) is 0.243. The van der Waals surface area contributed by atoms with E-state index in [1.165, 1.54) is 12.4 Å². The lowest BCUT2D eigenvalue weighted by Gasteiger charge is -2.09. The first-order valence-electron chi connectivity index (χ1n) is 7.47. The van der Waals surface area contributed by atoms with Crippen molar-refractivity contribution >= 4 is 22.4 Å². The second-order valence-electron chi connectivity index (χ2n) is 5.43. The Morgan fingerprint density at radius 3 is 2.71 bits per heavy atom. The van der Waals surface area contributed by atoms with E-state index >= 15 is 0 Å². The number of anilines is 2. The molecule has 0 amide bonds. The van der Waals surface area contributed by atoms with Gasteiger partial charge in [-0.25, -0.2) is 14.4 Å². The van der Waals surface area contributed by atoms with Crippen molar-refractivity contribution in [3.63, 3.8) is 0 Å². The van der Waals surface area contributed by atoms with Crippen LogP contribution in [0.3, 0.4) is 0 Å². The number of aryl methyl sites for hydroxylation is 1. The molecule has 0 atom stereocenters. The third kappa shape index (κ3) is 2.58. The first kappa shape index (κ1) is 14.3. The van der Waals surface area contributed by atoms with E-state index in [4.69, 9.17) is 0 Å². The predicted octanol–water partition coefficient (Wildman–Crippen LogP) is 3.91. The van der Waals surface area contributed by atoms with E-state index in [-0.39, 0.29) is 5.82 Å². The first-order chi connectivity index (χ1) is 11.7. The number of halogens is 1. The highest BCUT2D eigenvalue weighted by Gasteiger charge is 2.09. The minimum Gasteiger partial charge on any atom is -0.337 e. The highest BCUT2D eigenvalue weighted by Crippen LogP contribution is 2.27. The van der Waals surface area contributed by atoms with Crippen LogP contribution in [-0.4, -0.2) is 19.7 Å². The summed E-state index contributed by atoms with van der Waals surface area (Å²) in [6.45, 7) is 0. The zero-order chi connectivity index (χ0) is 16.5. The van der Waals surface area contributed by atoms with Crippen molar-refractivity contribution in [3.05, 3.63) is 66.9 Å². The molecular weight excluding hydrogens is 305 g/mol. The molecule has 5 nitrogen and oxygen atoms in total. The van der Waals surface area contributed by atoms with Crippen molar-refractivity contribution < 1.29 is 4.39 Å². The van der Waals surface area contributed by atoms with Crippen LogP contribution in [-0.2, 0) is 7.05 Å². The van der Waals surface area contributed by atoms with Crippen LogP contribution in [0.5, 0.6) is 0 Å². The third-order valence-corrected chi connectivity index (χ3v) is 3.77. The lowest BCUT2D eigenvalue weighted by molar-refractivity contribution is 0.632. The summed E-state index contributed by atoms with van der Waals surface area (Å²) in [5, 5.41) is 8.25. The molecule has 0 unspecified atom stereocenters. The lowest BCUT2D eigenvalue weighted by Crippen LogP contribution is -1.98. The zero-order valence-electron chi connectivity index (χ0n) is 12.9. The Hall–Kier alpha value is -3.28. The summed E-state index contributed by atoms with van der Waals surface area (Å²) < 4.78 is 15.6. The van der Waals surface area contributed by atoms with Crippen molar-refractivity contribution in [2.45, 2.75) is 0 Å². The van der Waals surface area contributed by atoms with Crippen LogP contribution in [0.15, 0.2) is 61.1 Å². The maximum absolute atomic E-state index is 13.8. The van der Waals surface area contributed by atoms with E-state index in [1.807, 2.05) is 37.5 Å². The highest BCUT2D eigenvalue weighted by molar-refractivity contribution is 5.93. The average Bonchev–Trinajstić information content (AvgIpc) is 3.03. The van der Waals surface area contributed by atoms with Crippen LogP contribution in [0.1, 0.15) is 0 Å². The summed E-state index contributed by atoms with van der Waals surface area (Å²) in [5.41, 5.74) is 3.00. The molecule has 0 saturated heterocycles. The van der Waals surface area contributed by atoms with Gasteiger partial charge in [-0.1, -0.05) is 18.2 Å². The van der Waals surface area contributed by atoms with Gasteiger partial charge in [0.05, 0.1) is 16.9 Å². The Balaban J connectivity index is 1.77. The standard InChI is InChI=1S/C18H14FN5/c1-24-9-8-15(23-24)12-6-7-13-17(10-12)20-11-21-18(13)22-16-5-3-2-4-14(16)19/h2-11H,1H3,(H,20,21,22). The van der Waals surface area contributed by atoms with Crippen LogP contribution < -0.4 is 5.32 Å². The first-order valence-corrected chi connectivity index (χ1v) is 7.47. The molecule has 2 heterocycles. The maximum Gasteiger partial charge on any atom is 0.146 e. The molecule has 0 spiro atoms. The number of para-hydroxylation sites is 1. The molecule has 4 rings (SSSR count). The molecule has 0 bridgehead atoms. The third-order valence-electron chi connectivity index (χ3n) is 3.77. The van der Waals surface area contributed by atoms with Crippen molar-refractivity contribution in [2.24, 2.45) is 7.05 Å². The number of nitrogens with one attached hydrogen (secondary N) is 1. The highest BCUT2D eigenvalue weighted by atomic mass is 19.1. The molecule has 0 aliphatic carbocycles. The fourth-order valence-corrected chi connectivity index (χ4v) is 2.58. The molecule has 2 aromatic heterocycles. The fourth-order valence-electron chi connectivity index (χ4n) is 2.58. The molecule has 0 aliphatic rings. The minimum absolute atomic E-state index is 0.325. The van der Waals surface area contributed by atoms with Gasteiger partial charge >= 0.3 is 0 Å². The average molecular weight is 319 g/mol. The number of hydrogen-bond acceptors (Lipinski definition) is 4. The molecule has 0 saturated carbocycles. The molecule has 0 fully saturated rings. The number of nitrogens with zero attached hydrogens (tertiary/aromatic N) is 4. The molecule has 4 aromatic rings. The smallest absolute Gasteiger partial charge is 0.146 e. The van der Waals surface area contributed by atoms with Crippen LogP contribution in [0.4, 0.5) is 15.9 Å². The minimum atomic E-state index is -0.325. The summed E-state index contributed by atoms with van der Waals surface area (Å²) in [6, 6.07) is 14.3. The Labute approximate surface area is 137 Å². The molecule has 1 N–H and O–H groups in total. The van der Waals surface area contributed by atoms with Crippen LogP contribution in [0.25, 0.3) is 22.2 Å². The number of benzene rings is 2. The van der Waals surface area contributed by atoms with Gasteiger partial charge in [0.1, 0.15) is 18.0 Å². The molecule has 24 heavy (non-hydrogen) atoms. The van der Waals surface area contributed by atoms with Gasteiger partial charge < -0.3 is 5.32 Å². The Kier molecular flexibility index (Phi) is 3.42. The van der Waals surface area contributed by atoms with Gasteiger partial charge in [0.2, 0.25) is 0 Å². The topological polar surface area (TPSA) is 55.6 Å². The van der Waals surface area contributed by atoms with Crippen molar-refractivity contribution in [1.82, 2.24) is 19.7 Å². The Morgan fingerprint density at radius 1 is 1.04 bits per heavy atom. The summed E-state index contributed by atoms with van der Waals surface area (Å²) in [4.78, 5) is 8.56. The van der Waals surface area contributed by atoms with Gasteiger partial charge in [-0.2, -0.15) is 5.10 Å². The van der Waals surface area contributed by atoms with Gasteiger partial charge in [-0.15, -0.1) is 0 Å². The predicted molar refractivity (Wildman–Crippen MR) is 91.4 cm³/mol. The van der Waals surface area contributed by atoms with Gasteiger partial charge in [0.15, 0.2) is 0 Å². The summed E-state index contributed by atoms with van der Waals surface area (Å²) in [7, 11) is 1.88. The molecule has 0 aliphatic heterocycles. The second-order valence-corrected chi connectivity index (χ2v) is 5.43. The largest absolute Gasteiger partial charge is 0.337 e. The van der Waals surface area contributed by atoms with Gasteiger partial charge in [-0.05, 0) is 30.3 Å². The van der Waals surface area contributed by atoms with E-state index in [9.17, 15) is 4.39 Å². The monoisotopic (exact) mass is 319 g/mol. The normalized spacial score (nSPS) is 10.9. The van der Waals surface area contributed by atoms with Crippen molar-refractivity contribution in [2.75, 3.05) is 5.32 Å². The Morgan fingerprint density at radius 2 is 1.92 bits per heavy atom. The quantitative estimate of drug-likeness (QED) is 0.622.